The van der Waals surface area contributed by atoms with Crippen LogP contribution in [0.4, 0.5) is 4.39 Å². The van der Waals surface area contributed by atoms with Gasteiger partial charge in [0.25, 0.3) is 0 Å². The molecule has 0 fully saturated rings. The summed E-state index contributed by atoms with van der Waals surface area (Å²) in [4.78, 5) is 7.08. The average Bonchev–Trinajstić information content (AvgIpc) is 2.96. The molecule has 0 saturated heterocycles. The van der Waals surface area contributed by atoms with E-state index in [1.54, 1.807) is 18.2 Å². The number of hydrogen-bond donors (Lipinski definition) is 0. The molecule has 4 heteroatoms. The normalized spacial score (nSPS) is 10.9. The molecule has 0 aliphatic carbocycles. The minimum atomic E-state index is -0.422. The van der Waals surface area contributed by atoms with Gasteiger partial charge in [0, 0.05) is 10.9 Å². The molecule has 3 aromatic carbocycles. The number of halogens is 1. The van der Waals surface area contributed by atoms with Gasteiger partial charge in [0.2, 0.25) is 0 Å². The predicted molar refractivity (Wildman–Crippen MR) is 92.3 cm³/mol. The average molecular weight is 318 g/mol. The minimum Gasteiger partial charge on any atom is -0.354 e. The summed E-state index contributed by atoms with van der Waals surface area (Å²) in [6.07, 6.45) is 0. The molecule has 0 spiro atoms. The quantitative estimate of drug-likeness (QED) is 0.532. The van der Waals surface area contributed by atoms with Crippen LogP contribution in [0.25, 0.3) is 22.2 Å². The standard InChI is InChI=1S/C20H15FN2O/c1-14-8-2-3-9-15(14)20-16-10-4-6-12-18(16)23(22-20)24-19-13-7-5-11-17(19)21/h2-13H,1H3. The van der Waals surface area contributed by atoms with E-state index in [0.717, 1.165) is 27.7 Å². The Morgan fingerprint density at radius 3 is 2.42 bits per heavy atom. The Labute approximate surface area is 138 Å². The Hall–Kier alpha value is -3.14. The molecule has 0 N–H and O–H groups in total. The van der Waals surface area contributed by atoms with E-state index in [-0.39, 0.29) is 5.75 Å². The molecule has 4 aromatic rings. The number of nitrogens with zero attached hydrogens (tertiary/aromatic N) is 2. The maximum absolute atomic E-state index is 13.9. The van der Waals surface area contributed by atoms with Crippen LogP contribution in [-0.4, -0.2) is 9.94 Å². The van der Waals surface area contributed by atoms with Crippen LogP contribution < -0.4 is 4.84 Å². The molecule has 4 rings (SSSR count). The molecule has 3 nitrogen and oxygen atoms in total. The molecule has 0 amide bonds. The summed E-state index contributed by atoms with van der Waals surface area (Å²) < 4.78 is 13.9. The first-order chi connectivity index (χ1) is 11.7. The van der Waals surface area contributed by atoms with E-state index >= 15 is 0 Å². The molecule has 0 saturated carbocycles. The van der Waals surface area contributed by atoms with E-state index in [9.17, 15) is 4.39 Å². The maximum atomic E-state index is 13.9. The van der Waals surface area contributed by atoms with Gasteiger partial charge in [-0.15, -0.1) is 5.10 Å². The van der Waals surface area contributed by atoms with Crippen molar-refractivity contribution in [2.24, 2.45) is 0 Å². The van der Waals surface area contributed by atoms with Gasteiger partial charge in [0.05, 0.1) is 0 Å². The molecule has 1 aromatic heterocycles. The van der Waals surface area contributed by atoms with Crippen molar-refractivity contribution >= 4 is 10.9 Å². The van der Waals surface area contributed by atoms with Crippen molar-refractivity contribution in [3.63, 3.8) is 0 Å². The molecular formula is C20H15FN2O. The Bertz CT molecular complexity index is 1020. The Morgan fingerprint density at radius 1 is 0.875 bits per heavy atom. The van der Waals surface area contributed by atoms with E-state index in [0.29, 0.717) is 0 Å². The van der Waals surface area contributed by atoms with Crippen molar-refractivity contribution < 1.29 is 9.23 Å². The summed E-state index contributed by atoms with van der Waals surface area (Å²) >= 11 is 0. The first-order valence-electron chi connectivity index (χ1n) is 7.70. The van der Waals surface area contributed by atoms with Crippen LogP contribution in [0.15, 0.2) is 72.8 Å². The Kier molecular flexibility index (Phi) is 3.50. The smallest absolute Gasteiger partial charge is 0.193 e. The highest BCUT2D eigenvalue weighted by atomic mass is 19.1. The van der Waals surface area contributed by atoms with Gasteiger partial charge in [0.15, 0.2) is 11.6 Å². The second-order valence-corrected chi connectivity index (χ2v) is 5.58. The van der Waals surface area contributed by atoms with Crippen LogP contribution in [-0.2, 0) is 0 Å². The van der Waals surface area contributed by atoms with Crippen LogP contribution in [0.2, 0.25) is 0 Å². The van der Waals surface area contributed by atoms with Crippen LogP contribution in [0, 0.1) is 12.7 Å². The molecule has 118 valence electrons. The summed E-state index contributed by atoms with van der Waals surface area (Å²) in [7, 11) is 0. The fourth-order valence-electron chi connectivity index (χ4n) is 2.76. The van der Waals surface area contributed by atoms with E-state index in [1.165, 1.54) is 10.9 Å². The van der Waals surface area contributed by atoms with Gasteiger partial charge >= 0.3 is 0 Å². The van der Waals surface area contributed by atoms with Gasteiger partial charge in [-0.25, -0.2) is 4.39 Å². The number of rotatable bonds is 3. The fourth-order valence-corrected chi connectivity index (χ4v) is 2.76. The van der Waals surface area contributed by atoms with Crippen LogP contribution in [0.3, 0.4) is 0 Å². The summed E-state index contributed by atoms with van der Waals surface area (Å²) in [6, 6.07) is 22.1. The molecule has 0 aliphatic rings. The van der Waals surface area contributed by atoms with E-state index in [1.807, 2.05) is 55.5 Å². The zero-order chi connectivity index (χ0) is 16.5. The van der Waals surface area contributed by atoms with Crippen molar-refractivity contribution in [2.75, 3.05) is 0 Å². The van der Waals surface area contributed by atoms with Gasteiger partial charge in [-0.3, -0.25) is 0 Å². The Morgan fingerprint density at radius 2 is 1.58 bits per heavy atom. The third-order valence-electron chi connectivity index (χ3n) is 3.98. The highest BCUT2D eigenvalue weighted by Gasteiger charge is 2.15. The van der Waals surface area contributed by atoms with Crippen molar-refractivity contribution in [1.29, 1.82) is 0 Å². The summed E-state index contributed by atoms with van der Waals surface area (Å²) in [5.74, 6) is -0.281. The molecule has 0 aliphatic heterocycles. The second-order valence-electron chi connectivity index (χ2n) is 5.58. The number of aromatic nitrogens is 2. The van der Waals surface area contributed by atoms with Gasteiger partial charge < -0.3 is 4.84 Å². The summed E-state index contributed by atoms with van der Waals surface area (Å²) in [5.41, 5.74) is 3.77. The number of hydrogen-bond acceptors (Lipinski definition) is 2. The first-order valence-corrected chi connectivity index (χ1v) is 7.70. The lowest BCUT2D eigenvalue weighted by atomic mass is 10.0. The monoisotopic (exact) mass is 318 g/mol. The van der Waals surface area contributed by atoms with Crippen molar-refractivity contribution in [3.05, 3.63) is 84.2 Å². The molecule has 1 heterocycles. The second kappa shape index (κ2) is 5.81. The van der Waals surface area contributed by atoms with Crippen LogP contribution in [0.1, 0.15) is 5.56 Å². The van der Waals surface area contributed by atoms with E-state index in [4.69, 9.17) is 4.84 Å². The Balaban J connectivity index is 1.89. The third kappa shape index (κ3) is 2.42. The SMILES string of the molecule is Cc1ccccc1-c1nn(Oc2ccccc2F)c2ccccc12. The predicted octanol–water partition coefficient (Wildman–Crippen LogP) is 4.99. The van der Waals surface area contributed by atoms with Crippen molar-refractivity contribution in [1.82, 2.24) is 9.94 Å². The first kappa shape index (κ1) is 14.5. The lowest BCUT2D eigenvalue weighted by Gasteiger charge is -2.06. The molecule has 24 heavy (non-hydrogen) atoms. The summed E-state index contributed by atoms with van der Waals surface area (Å²) in [6.45, 7) is 2.04. The van der Waals surface area contributed by atoms with Gasteiger partial charge in [-0.05, 0) is 30.7 Å². The maximum Gasteiger partial charge on any atom is 0.193 e. The summed E-state index contributed by atoms with van der Waals surface area (Å²) in [5, 5.41) is 5.55. The number of benzene rings is 3. The van der Waals surface area contributed by atoms with Crippen LogP contribution >= 0.6 is 0 Å². The lowest BCUT2D eigenvalue weighted by molar-refractivity contribution is 0.182. The molecular weight excluding hydrogens is 303 g/mol. The topological polar surface area (TPSA) is 27.1 Å². The number of fused-ring (bicyclic) bond motifs is 1. The third-order valence-corrected chi connectivity index (χ3v) is 3.98. The van der Waals surface area contributed by atoms with Gasteiger partial charge in [-0.1, -0.05) is 59.4 Å². The number of aryl methyl sites for hydroxylation is 1. The number of para-hydroxylation sites is 2. The van der Waals surface area contributed by atoms with E-state index < -0.39 is 5.82 Å². The van der Waals surface area contributed by atoms with E-state index in [2.05, 4.69) is 5.10 Å². The zero-order valence-corrected chi connectivity index (χ0v) is 13.1. The highest BCUT2D eigenvalue weighted by Crippen LogP contribution is 2.30. The molecule has 0 unspecified atom stereocenters. The molecule has 0 bridgehead atoms. The molecule has 0 atom stereocenters. The van der Waals surface area contributed by atoms with Gasteiger partial charge in [0.1, 0.15) is 11.2 Å². The largest absolute Gasteiger partial charge is 0.354 e. The fraction of sp³-hybridized carbons (Fsp3) is 0.0500. The van der Waals surface area contributed by atoms with Gasteiger partial charge in [-0.2, -0.15) is 0 Å². The zero-order valence-electron chi connectivity index (χ0n) is 13.1. The van der Waals surface area contributed by atoms with Crippen LogP contribution in [0.5, 0.6) is 5.75 Å². The molecule has 0 radical (unpaired) electrons. The highest BCUT2D eigenvalue weighted by molar-refractivity contribution is 5.93. The lowest BCUT2D eigenvalue weighted by Crippen LogP contribution is -2.08. The van der Waals surface area contributed by atoms with Crippen molar-refractivity contribution in [2.45, 2.75) is 6.92 Å². The minimum absolute atomic E-state index is 0.141. The van der Waals surface area contributed by atoms with Crippen molar-refractivity contribution in [3.8, 4) is 17.0 Å².